The van der Waals surface area contributed by atoms with E-state index in [1.54, 1.807) is 0 Å². The van der Waals surface area contributed by atoms with Crippen LogP contribution in [0.3, 0.4) is 0 Å². The molecular formula is C12H17NO. The quantitative estimate of drug-likeness (QED) is 0.659. The minimum Gasteiger partial charge on any atom is -0.342 e. The largest absolute Gasteiger partial charge is 0.342 e. The van der Waals surface area contributed by atoms with Crippen molar-refractivity contribution in [1.29, 1.82) is 0 Å². The van der Waals surface area contributed by atoms with Gasteiger partial charge in [-0.15, -0.1) is 0 Å². The van der Waals surface area contributed by atoms with Crippen LogP contribution in [0.25, 0.3) is 0 Å². The van der Waals surface area contributed by atoms with Gasteiger partial charge in [-0.1, -0.05) is 13.8 Å². The fraction of sp³-hybridized carbons (Fsp3) is 0.583. The Morgan fingerprint density at radius 1 is 1.43 bits per heavy atom. The van der Waals surface area contributed by atoms with Gasteiger partial charge in [-0.05, 0) is 36.8 Å². The maximum atomic E-state index is 10.8. The zero-order valence-corrected chi connectivity index (χ0v) is 8.81. The Balaban J connectivity index is 2.27. The first-order chi connectivity index (χ1) is 6.74. The molecule has 1 aliphatic rings. The normalized spacial score (nSPS) is 32.0. The van der Waals surface area contributed by atoms with E-state index < -0.39 is 0 Å². The lowest BCUT2D eigenvalue weighted by Crippen LogP contribution is -2.15. The molecule has 3 unspecified atom stereocenters. The van der Waals surface area contributed by atoms with Crippen LogP contribution in [0.2, 0.25) is 0 Å². The molecule has 0 aromatic carbocycles. The van der Waals surface area contributed by atoms with Gasteiger partial charge in [-0.2, -0.15) is 0 Å². The molecule has 0 saturated heterocycles. The van der Waals surface area contributed by atoms with Gasteiger partial charge < -0.3 is 4.57 Å². The number of carbonyl (C=O) groups excluding carboxylic acids is 1. The summed E-state index contributed by atoms with van der Waals surface area (Å²) in [6, 6.07) is 4.38. The minimum atomic E-state index is 0.528. The van der Waals surface area contributed by atoms with E-state index in [1.165, 1.54) is 12.8 Å². The first-order valence-corrected chi connectivity index (χ1v) is 5.36. The molecule has 2 heteroatoms. The molecule has 1 heterocycles. The van der Waals surface area contributed by atoms with Crippen LogP contribution in [0.4, 0.5) is 0 Å². The van der Waals surface area contributed by atoms with Crippen molar-refractivity contribution >= 4 is 6.29 Å². The summed E-state index contributed by atoms with van der Waals surface area (Å²) < 4.78 is 2.14. The second-order valence-electron chi connectivity index (χ2n) is 4.44. The van der Waals surface area contributed by atoms with Crippen LogP contribution < -0.4 is 0 Å². The molecule has 3 atom stereocenters. The van der Waals surface area contributed by atoms with Crippen LogP contribution in [-0.2, 0) is 0 Å². The Labute approximate surface area is 84.9 Å². The highest BCUT2D eigenvalue weighted by atomic mass is 16.1. The summed E-state index contributed by atoms with van der Waals surface area (Å²) in [5.74, 6) is 1.46. The third kappa shape index (κ3) is 1.39. The molecule has 0 amide bonds. The molecule has 1 aromatic heterocycles. The number of rotatable bonds is 2. The molecule has 0 bridgehead atoms. The molecule has 1 aromatic rings. The number of nitrogens with zero attached hydrogens (tertiary/aromatic N) is 1. The summed E-state index contributed by atoms with van der Waals surface area (Å²) in [7, 11) is 0. The smallest absolute Gasteiger partial charge is 0.166 e. The van der Waals surface area contributed by atoms with Crippen molar-refractivity contribution in [2.45, 2.75) is 32.7 Å². The molecule has 2 rings (SSSR count). The average Bonchev–Trinajstić information content (AvgIpc) is 2.75. The third-order valence-electron chi connectivity index (χ3n) is 3.71. The van der Waals surface area contributed by atoms with Crippen molar-refractivity contribution in [1.82, 2.24) is 4.57 Å². The summed E-state index contributed by atoms with van der Waals surface area (Å²) in [6.45, 7) is 4.59. The van der Waals surface area contributed by atoms with E-state index in [-0.39, 0.29) is 0 Å². The molecule has 1 aliphatic carbocycles. The Bertz CT molecular complexity index is 329. The summed E-state index contributed by atoms with van der Waals surface area (Å²) in [5.41, 5.74) is 0.816. The summed E-state index contributed by atoms with van der Waals surface area (Å²) in [4.78, 5) is 10.8. The van der Waals surface area contributed by atoms with Crippen molar-refractivity contribution in [3.05, 3.63) is 24.0 Å². The first-order valence-electron chi connectivity index (χ1n) is 5.36. The molecule has 1 fully saturated rings. The van der Waals surface area contributed by atoms with Crippen LogP contribution >= 0.6 is 0 Å². The van der Waals surface area contributed by atoms with E-state index in [0.29, 0.717) is 12.0 Å². The SMILES string of the molecule is CC1CCC(n2cccc2C=O)C1C. The lowest BCUT2D eigenvalue weighted by atomic mass is 9.97. The maximum Gasteiger partial charge on any atom is 0.166 e. The fourth-order valence-corrected chi connectivity index (χ4v) is 2.54. The van der Waals surface area contributed by atoms with E-state index in [2.05, 4.69) is 18.4 Å². The van der Waals surface area contributed by atoms with E-state index in [1.807, 2.05) is 18.3 Å². The van der Waals surface area contributed by atoms with Gasteiger partial charge in [0.05, 0.1) is 5.69 Å². The number of carbonyl (C=O) groups is 1. The first kappa shape index (κ1) is 9.50. The van der Waals surface area contributed by atoms with Crippen molar-refractivity contribution in [3.8, 4) is 0 Å². The molecule has 0 N–H and O–H groups in total. The monoisotopic (exact) mass is 191 g/mol. The fourth-order valence-electron chi connectivity index (χ4n) is 2.54. The van der Waals surface area contributed by atoms with Gasteiger partial charge in [0.15, 0.2) is 6.29 Å². The Hall–Kier alpha value is -1.05. The highest BCUT2D eigenvalue weighted by Gasteiger charge is 2.31. The summed E-state index contributed by atoms with van der Waals surface area (Å²) in [6.07, 6.45) is 5.47. The maximum absolute atomic E-state index is 10.8. The second kappa shape index (κ2) is 3.60. The molecule has 76 valence electrons. The Kier molecular flexibility index (Phi) is 2.44. The van der Waals surface area contributed by atoms with Crippen LogP contribution in [0, 0.1) is 11.8 Å². The van der Waals surface area contributed by atoms with Crippen LogP contribution in [0.5, 0.6) is 0 Å². The van der Waals surface area contributed by atoms with Gasteiger partial charge in [0.1, 0.15) is 0 Å². The molecule has 1 saturated carbocycles. The lowest BCUT2D eigenvalue weighted by molar-refractivity contribution is 0.111. The predicted molar refractivity (Wildman–Crippen MR) is 56.4 cm³/mol. The summed E-state index contributed by atoms with van der Waals surface area (Å²) >= 11 is 0. The van der Waals surface area contributed by atoms with E-state index in [9.17, 15) is 4.79 Å². The topological polar surface area (TPSA) is 22.0 Å². The van der Waals surface area contributed by atoms with Crippen molar-refractivity contribution in [2.24, 2.45) is 11.8 Å². The second-order valence-corrected chi connectivity index (χ2v) is 4.44. The van der Waals surface area contributed by atoms with Gasteiger partial charge in [-0.25, -0.2) is 0 Å². The van der Waals surface area contributed by atoms with Gasteiger partial charge in [-0.3, -0.25) is 4.79 Å². The van der Waals surface area contributed by atoms with E-state index in [0.717, 1.165) is 17.9 Å². The van der Waals surface area contributed by atoms with Crippen molar-refractivity contribution in [3.63, 3.8) is 0 Å². The highest BCUT2D eigenvalue weighted by molar-refractivity contribution is 5.72. The van der Waals surface area contributed by atoms with Crippen LogP contribution in [0.1, 0.15) is 43.2 Å². The van der Waals surface area contributed by atoms with Crippen molar-refractivity contribution in [2.75, 3.05) is 0 Å². The zero-order chi connectivity index (χ0) is 10.1. The standard InChI is InChI=1S/C12H17NO/c1-9-5-6-12(10(9)2)13-7-3-4-11(13)8-14/h3-4,7-10,12H,5-6H2,1-2H3. The zero-order valence-electron chi connectivity index (χ0n) is 8.81. The highest BCUT2D eigenvalue weighted by Crippen LogP contribution is 2.40. The molecule has 0 spiro atoms. The number of hydrogen-bond acceptors (Lipinski definition) is 1. The van der Waals surface area contributed by atoms with Gasteiger partial charge >= 0.3 is 0 Å². The minimum absolute atomic E-state index is 0.528. The predicted octanol–water partition coefficient (Wildman–Crippen LogP) is 2.91. The van der Waals surface area contributed by atoms with Crippen LogP contribution in [0.15, 0.2) is 18.3 Å². The Morgan fingerprint density at radius 3 is 2.79 bits per heavy atom. The van der Waals surface area contributed by atoms with Gasteiger partial charge in [0, 0.05) is 12.2 Å². The van der Waals surface area contributed by atoms with Crippen molar-refractivity contribution < 1.29 is 4.79 Å². The average molecular weight is 191 g/mol. The lowest BCUT2D eigenvalue weighted by Gasteiger charge is -2.21. The van der Waals surface area contributed by atoms with E-state index >= 15 is 0 Å². The molecule has 0 aliphatic heterocycles. The number of hydrogen-bond donors (Lipinski definition) is 0. The van der Waals surface area contributed by atoms with Gasteiger partial charge in [0.25, 0.3) is 0 Å². The molecule has 0 radical (unpaired) electrons. The molecular weight excluding hydrogens is 174 g/mol. The summed E-state index contributed by atoms with van der Waals surface area (Å²) in [5, 5.41) is 0. The third-order valence-corrected chi connectivity index (χ3v) is 3.71. The molecule has 2 nitrogen and oxygen atoms in total. The molecule has 14 heavy (non-hydrogen) atoms. The number of aromatic nitrogens is 1. The number of aldehydes is 1. The van der Waals surface area contributed by atoms with E-state index in [4.69, 9.17) is 0 Å². The Morgan fingerprint density at radius 2 is 2.21 bits per heavy atom. The van der Waals surface area contributed by atoms with Gasteiger partial charge in [0.2, 0.25) is 0 Å². The van der Waals surface area contributed by atoms with Crippen LogP contribution in [-0.4, -0.2) is 10.9 Å².